The zero-order chi connectivity index (χ0) is 13.9. The number of hydrogen-bond donors (Lipinski definition) is 3. The molecule has 1 saturated heterocycles. The lowest BCUT2D eigenvalue weighted by Crippen LogP contribution is -2.52. The molecular formula is C12H19N3O3S. The maximum Gasteiger partial charge on any atom is 0.325 e. The van der Waals surface area contributed by atoms with Crippen LogP contribution >= 0.6 is 12.6 Å². The Kier molecular flexibility index (Phi) is 4.34. The zero-order valence-corrected chi connectivity index (χ0v) is 11.7. The molecule has 1 spiro atoms. The van der Waals surface area contributed by atoms with Gasteiger partial charge in [-0.3, -0.25) is 14.5 Å². The van der Waals surface area contributed by atoms with Crippen molar-refractivity contribution < 1.29 is 14.4 Å². The molecule has 0 aromatic carbocycles. The van der Waals surface area contributed by atoms with Gasteiger partial charge in [-0.05, 0) is 31.4 Å². The van der Waals surface area contributed by atoms with E-state index in [1.54, 1.807) is 0 Å². The van der Waals surface area contributed by atoms with Crippen LogP contribution in [0.2, 0.25) is 0 Å². The summed E-state index contributed by atoms with van der Waals surface area (Å²) in [5.74, 6) is 0.356. The summed E-state index contributed by atoms with van der Waals surface area (Å²) in [6.45, 7) is 0.824. The number of rotatable bonds is 6. The Morgan fingerprint density at radius 1 is 1.42 bits per heavy atom. The molecular weight excluding hydrogens is 266 g/mol. The molecule has 7 heteroatoms. The predicted molar refractivity (Wildman–Crippen MR) is 72.9 cm³/mol. The summed E-state index contributed by atoms with van der Waals surface area (Å²) < 4.78 is 0. The fraction of sp³-hybridized carbons (Fsp3) is 0.750. The molecule has 1 aliphatic heterocycles. The largest absolute Gasteiger partial charge is 0.356 e. The number of carbonyl (C=O) groups is 3. The first kappa shape index (κ1) is 14.2. The third-order valence-corrected chi connectivity index (χ3v) is 3.90. The summed E-state index contributed by atoms with van der Waals surface area (Å²) >= 11 is 3.97. The van der Waals surface area contributed by atoms with Crippen LogP contribution in [0.3, 0.4) is 0 Å². The van der Waals surface area contributed by atoms with Gasteiger partial charge in [0.1, 0.15) is 5.54 Å². The van der Waals surface area contributed by atoms with Gasteiger partial charge < -0.3 is 10.6 Å². The van der Waals surface area contributed by atoms with Gasteiger partial charge in [0.2, 0.25) is 5.91 Å². The number of urea groups is 1. The highest BCUT2D eigenvalue weighted by molar-refractivity contribution is 7.80. The molecule has 1 saturated carbocycles. The fourth-order valence-corrected chi connectivity index (χ4v) is 2.61. The van der Waals surface area contributed by atoms with E-state index in [2.05, 4.69) is 23.3 Å². The minimum Gasteiger partial charge on any atom is -0.356 e. The van der Waals surface area contributed by atoms with Crippen LogP contribution < -0.4 is 10.6 Å². The molecule has 2 aliphatic rings. The van der Waals surface area contributed by atoms with Crippen LogP contribution in [0.25, 0.3) is 0 Å². The van der Waals surface area contributed by atoms with Crippen molar-refractivity contribution in [2.24, 2.45) is 0 Å². The van der Waals surface area contributed by atoms with Crippen molar-refractivity contribution in [3.8, 4) is 0 Å². The normalized spacial score (nSPS) is 20.4. The molecule has 0 unspecified atom stereocenters. The first-order valence-electron chi connectivity index (χ1n) is 6.61. The molecule has 0 bridgehead atoms. The molecule has 0 atom stereocenters. The van der Waals surface area contributed by atoms with Gasteiger partial charge in [-0.25, -0.2) is 4.79 Å². The van der Waals surface area contributed by atoms with Crippen LogP contribution in [0.5, 0.6) is 0 Å². The van der Waals surface area contributed by atoms with Gasteiger partial charge in [0.15, 0.2) is 0 Å². The topological polar surface area (TPSA) is 78.5 Å². The molecule has 2 N–H and O–H groups in total. The van der Waals surface area contributed by atoms with Crippen molar-refractivity contribution in [3.05, 3.63) is 0 Å². The minimum absolute atomic E-state index is 0.0531. The average Bonchev–Trinajstić information content (AvgIpc) is 2.58. The lowest BCUT2D eigenvalue weighted by molar-refractivity contribution is -0.134. The number of hydrogen-bond acceptors (Lipinski definition) is 4. The Morgan fingerprint density at radius 2 is 2.16 bits per heavy atom. The number of imide groups is 1. The van der Waals surface area contributed by atoms with Crippen LogP contribution in [0.15, 0.2) is 0 Å². The average molecular weight is 285 g/mol. The highest BCUT2D eigenvalue weighted by Gasteiger charge is 2.54. The van der Waals surface area contributed by atoms with Crippen LogP contribution in [0.1, 0.15) is 32.1 Å². The summed E-state index contributed by atoms with van der Waals surface area (Å²) in [5.41, 5.74) is -0.605. The van der Waals surface area contributed by atoms with Crippen molar-refractivity contribution in [2.45, 2.75) is 37.6 Å². The number of nitrogens with zero attached hydrogens (tertiary/aromatic N) is 1. The van der Waals surface area contributed by atoms with E-state index >= 15 is 0 Å². The van der Waals surface area contributed by atoms with Crippen molar-refractivity contribution in [2.75, 3.05) is 18.8 Å². The van der Waals surface area contributed by atoms with Crippen molar-refractivity contribution in [3.63, 3.8) is 0 Å². The second-order valence-electron chi connectivity index (χ2n) is 5.00. The van der Waals surface area contributed by atoms with Gasteiger partial charge in [0.25, 0.3) is 5.91 Å². The van der Waals surface area contributed by atoms with E-state index in [9.17, 15) is 14.4 Å². The molecule has 2 rings (SSSR count). The van der Waals surface area contributed by atoms with Gasteiger partial charge in [0.05, 0.1) is 0 Å². The molecule has 0 aromatic rings. The van der Waals surface area contributed by atoms with Crippen molar-refractivity contribution >= 4 is 30.5 Å². The first-order chi connectivity index (χ1) is 9.09. The highest BCUT2D eigenvalue weighted by atomic mass is 32.1. The smallest absolute Gasteiger partial charge is 0.325 e. The van der Waals surface area contributed by atoms with E-state index in [0.29, 0.717) is 31.7 Å². The van der Waals surface area contributed by atoms with E-state index in [1.165, 1.54) is 4.90 Å². The van der Waals surface area contributed by atoms with Crippen LogP contribution in [0, 0.1) is 0 Å². The van der Waals surface area contributed by atoms with E-state index in [4.69, 9.17) is 0 Å². The zero-order valence-electron chi connectivity index (χ0n) is 10.8. The summed E-state index contributed by atoms with van der Waals surface area (Å²) in [6, 6.07) is -0.300. The molecule has 6 nitrogen and oxygen atoms in total. The van der Waals surface area contributed by atoms with Gasteiger partial charge in [-0.2, -0.15) is 12.6 Å². The number of thiol groups is 1. The summed E-state index contributed by atoms with van der Waals surface area (Å²) in [6.07, 6.45) is 3.43. The summed E-state index contributed by atoms with van der Waals surface area (Å²) in [4.78, 5) is 36.3. The Labute approximate surface area is 117 Å². The van der Waals surface area contributed by atoms with Crippen molar-refractivity contribution in [1.29, 1.82) is 0 Å². The third kappa shape index (κ3) is 2.86. The third-order valence-electron chi connectivity index (χ3n) is 3.67. The molecule has 1 heterocycles. The van der Waals surface area contributed by atoms with Crippen LogP contribution in [-0.4, -0.2) is 47.1 Å². The minimum atomic E-state index is -0.605. The second kappa shape index (κ2) is 5.81. The Balaban J connectivity index is 1.73. The summed E-state index contributed by atoms with van der Waals surface area (Å²) in [7, 11) is 0. The molecule has 0 radical (unpaired) electrons. The molecule has 1 aliphatic carbocycles. The Bertz CT molecular complexity index is 396. The Morgan fingerprint density at radius 3 is 2.68 bits per heavy atom. The Hall–Kier alpha value is -1.24. The van der Waals surface area contributed by atoms with E-state index in [1.807, 2.05) is 0 Å². The van der Waals surface area contributed by atoms with Crippen LogP contribution in [-0.2, 0) is 9.59 Å². The van der Waals surface area contributed by atoms with Gasteiger partial charge in [0, 0.05) is 19.5 Å². The van der Waals surface area contributed by atoms with Gasteiger partial charge in [-0.15, -0.1) is 0 Å². The van der Waals surface area contributed by atoms with Crippen LogP contribution in [0.4, 0.5) is 4.79 Å². The van der Waals surface area contributed by atoms with Crippen molar-refractivity contribution in [1.82, 2.24) is 15.5 Å². The summed E-state index contributed by atoms with van der Waals surface area (Å²) in [5, 5.41) is 5.50. The number of amides is 4. The highest BCUT2D eigenvalue weighted by Crippen LogP contribution is 2.37. The maximum atomic E-state index is 12.1. The van der Waals surface area contributed by atoms with E-state index in [-0.39, 0.29) is 17.8 Å². The molecule has 106 valence electrons. The second-order valence-corrected chi connectivity index (χ2v) is 5.45. The molecule has 2 fully saturated rings. The standard InChI is InChI=1S/C12H19N3O3S/c16-9(3-8-19)13-6-2-7-15-10(17)12(4-1-5-12)14-11(15)18/h19H,1-8H2,(H,13,16)(H,14,18). The molecule has 19 heavy (non-hydrogen) atoms. The first-order valence-corrected chi connectivity index (χ1v) is 7.24. The number of carbonyl (C=O) groups excluding carboxylic acids is 3. The molecule has 0 aromatic heterocycles. The number of nitrogens with one attached hydrogen (secondary N) is 2. The SMILES string of the molecule is O=C(CCS)NCCCN1C(=O)NC2(CCC2)C1=O. The van der Waals surface area contributed by atoms with Gasteiger partial charge in [-0.1, -0.05) is 0 Å². The fourth-order valence-electron chi connectivity index (χ4n) is 2.40. The molecule has 4 amide bonds. The van der Waals surface area contributed by atoms with E-state index in [0.717, 1.165) is 19.3 Å². The van der Waals surface area contributed by atoms with Gasteiger partial charge >= 0.3 is 6.03 Å². The predicted octanol–water partition coefficient (Wildman–Crippen LogP) is 0.287. The maximum absolute atomic E-state index is 12.1. The quantitative estimate of drug-likeness (QED) is 0.373. The lowest BCUT2D eigenvalue weighted by atomic mass is 9.77. The monoisotopic (exact) mass is 285 g/mol. The lowest BCUT2D eigenvalue weighted by Gasteiger charge is -2.34. The van der Waals surface area contributed by atoms with E-state index < -0.39 is 5.54 Å².